The van der Waals surface area contributed by atoms with E-state index in [0.717, 1.165) is 6.07 Å². The predicted octanol–water partition coefficient (Wildman–Crippen LogP) is 3.22. The van der Waals surface area contributed by atoms with Gasteiger partial charge in [-0.1, -0.05) is 17.7 Å². The highest BCUT2D eigenvalue weighted by Crippen LogP contribution is 2.35. The first-order valence-electron chi connectivity index (χ1n) is 5.30. The van der Waals surface area contributed by atoms with Gasteiger partial charge in [-0.25, -0.2) is 12.8 Å². The van der Waals surface area contributed by atoms with Crippen LogP contribution in [0.25, 0.3) is 0 Å². The largest absolute Gasteiger partial charge is 0.218 e. The molecule has 2 aromatic rings. The zero-order valence-electron chi connectivity index (χ0n) is 9.15. The lowest BCUT2D eigenvalue weighted by atomic mass is 10.0. The van der Waals surface area contributed by atoms with Crippen molar-refractivity contribution in [3.8, 4) is 0 Å². The lowest BCUT2D eigenvalue weighted by Gasteiger charge is -2.19. The number of sulfone groups is 1. The third kappa shape index (κ3) is 1.64. The fraction of sp³-hybridized carbons (Fsp3) is 0.0769. The molecule has 0 saturated heterocycles. The Bertz CT molecular complexity index is 754. The molecule has 0 N–H and O–H groups in total. The average molecular weight is 283 g/mol. The smallest absolute Gasteiger partial charge is 0.207 e. The molecule has 0 atom stereocenters. The summed E-state index contributed by atoms with van der Waals surface area (Å²) in [5, 5.41) is 0.495. The number of rotatable bonds is 0. The second-order valence-corrected chi connectivity index (χ2v) is 6.51. The Kier molecular flexibility index (Phi) is 2.47. The highest BCUT2D eigenvalue weighted by atomic mass is 35.5. The van der Waals surface area contributed by atoms with Gasteiger partial charge in [0.15, 0.2) is 0 Å². The Morgan fingerprint density at radius 3 is 2.56 bits per heavy atom. The Balaban J connectivity index is 2.33. The van der Waals surface area contributed by atoms with Crippen LogP contribution in [0.3, 0.4) is 0 Å². The van der Waals surface area contributed by atoms with Crippen molar-refractivity contribution in [1.29, 1.82) is 0 Å². The quantitative estimate of drug-likeness (QED) is 0.634. The second-order valence-electron chi connectivity index (χ2n) is 4.18. The molecule has 3 rings (SSSR count). The van der Waals surface area contributed by atoms with Crippen LogP contribution in [-0.2, 0) is 16.3 Å². The van der Waals surface area contributed by atoms with Crippen LogP contribution < -0.4 is 0 Å². The van der Waals surface area contributed by atoms with Crippen molar-refractivity contribution in [2.75, 3.05) is 0 Å². The van der Waals surface area contributed by atoms with E-state index in [1.807, 2.05) is 0 Å². The van der Waals surface area contributed by atoms with Gasteiger partial charge < -0.3 is 0 Å². The van der Waals surface area contributed by atoms with Crippen LogP contribution in [-0.4, -0.2) is 8.42 Å². The minimum atomic E-state index is -3.64. The van der Waals surface area contributed by atoms with E-state index in [2.05, 4.69) is 0 Å². The Morgan fingerprint density at radius 2 is 1.78 bits per heavy atom. The van der Waals surface area contributed by atoms with E-state index >= 15 is 0 Å². The molecular weight excluding hydrogens is 275 g/mol. The molecule has 2 aromatic carbocycles. The van der Waals surface area contributed by atoms with Gasteiger partial charge >= 0.3 is 0 Å². The number of hydrogen-bond donors (Lipinski definition) is 0. The molecule has 1 aliphatic rings. The fourth-order valence-corrected chi connectivity index (χ4v) is 4.10. The van der Waals surface area contributed by atoms with Gasteiger partial charge in [0.2, 0.25) is 9.84 Å². The van der Waals surface area contributed by atoms with E-state index in [1.54, 1.807) is 6.07 Å². The van der Waals surface area contributed by atoms with Crippen molar-refractivity contribution < 1.29 is 12.8 Å². The van der Waals surface area contributed by atoms with Gasteiger partial charge in [-0.2, -0.15) is 0 Å². The molecule has 0 aliphatic carbocycles. The first-order valence-corrected chi connectivity index (χ1v) is 7.16. The molecule has 1 heterocycles. The van der Waals surface area contributed by atoms with E-state index in [1.165, 1.54) is 24.3 Å². The lowest BCUT2D eigenvalue weighted by Crippen LogP contribution is -2.14. The zero-order valence-corrected chi connectivity index (χ0v) is 10.7. The first-order chi connectivity index (χ1) is 8.48. The average Bonchev–Trinajstić information content (AvgIpc) is 2.30. The Labute approximate surface area is 109 Å². The summed E-state index contributed by atoms with van der Waals surface area (Å²) in [6.45, 7) is 0. The maximum Gasteiger partial charge on any atom is 0.207 e. The van der Waals surface area contributed by atoms with Gasteiger partial charge in [-0.15, -0.1) is 0 Å². The maximum absolute atomic E-state index is 13.2. The second kappa shape index (κ2) is 3.80. The van der Waals surface area contributed by atoms with Crippen molar-refractivity contribution in [1.82, 2.24) is 0 Å². The summed E-state index contributed by atoms with van der Waals surface area (Å²) in [5.41, 5.74) is 1.26. The van der Waals surface area contributed by atoms with Gasteiger partial charge in [0, 0.05) is 11.4 Å². The van der Waals surface area contributed by atoms with Crippen LogP contribution in [0.15, 0.2) is 46.2 Å². The summed E-state index contributed by atoms with van der Waals surface area (Å²) >= 11 is 5.87. The van der Waals surface area contributed by atoms with E-state index in [-0.39, 0.29) is 9.79 Å². The molecule has 0 saturated carbocycles. The number of fused-ring (bicyclic) bond motifs is 2. The predicted molar refractivity (Wildman–Crippen MR) is 66.1 cm³/mol. The van der Waals surface area contributed by atoms with E-state index in [0.29, 0.717) is 22.6 Å². The van der Waals surface area contributed by atoms with Gasteiger partial charge in [0.25, 0.3) is 0 Å². The summed E-state index contributed by atoms with van der Waals surface area (Å²) in [6.07, 6.45) is 0.449. The summed E-state index contributed by atoms with van der Waals surface area (Å²) in [7, 11) is -3.64. The van der Waals surface area contributed by atoms with Crippen LogP contribution in [0.2, 0.25) is 5.02 Å². The minimum Gasteiger partial charge on any atom is -0.218 e. The third-order valence-electron chi connectivity index (χ3n) is 3.01. The highest BCUT2D eigenvalue weighted by molar-refractivity contribution is 7.91. The molecule has 0 aromatic heterocycles. The summed E-state index contributed by atoms with van der Waals surface area (Å²) < 4.78 is 37.9. The van der Waals surface area contributed by atoms with Crippen LogP contribution in [0, 0.1) is 5.82 Å². The first kappa shape index (κ1) is 11.7. The summed E-state index contributed by atoms with van der Waals surface area (Å²) in [4.78, 5) is 0.266. The standard InChI is InChI=1S/C13H8ClFO2S/c14-10-2-4-12-9(6-10)5-8-1-3-11(15)7-13(8)18(12,16)17/h1-4,6-7H,5H2. The highest BCUT2D eigenvalue weighted by Gasteiger charge is 2.29. The van der Waals surface area contributed by atoms with Crippen LogP contribution in [0.1, 0.15) is 11.1 Å². The maximum atomic E-state index is 13.2. The molecule has 18 heavy (non-hydrogen) atoms. The molecule has 1 aliphatic heterocycles. The van der Waals surface area contributed by atoms with Crippen molar-refractivity contribution >= 4 is 21.4 Å². The molecule has 5 heteroatoms. The van der Waals surface area contributed by atoms with Crippen LogP contribution in [0.4, 0.5) is 4.39 Å². The van der Waals surface area contributed by atoms with Crippen LogP contribution in [0.5, 0.6) is 0 Å². The molecule has 92 valence electrons. The lowest BCUT2D eigenvalue weighted by molar-refractivity contribution is 0.585. The summed E-state index contributed by atoms with van der Waals surface area (Å²) in [6, 6.07) is 8.49. The normalized spacial score (nSPS) is 15.9. The molecule has 0 fully saturated rings. The number of benzene rings is 2. The molecule has 0 radical (unpaired) electrons. The third-order valence-corrected chi connectivity index (χ3v) is 5.18. The SMILES string of the molecule is O=S1(=O)c2ccc(Cl)cc2Cc2ccc(F)cc21. The number of halogens is 2. The van der Waals surface area contributed by atoms with Gasteiger partial charge in [0.1, 0.15) is 5.82 Å². The minimum absolute atomic E-state index is 0.0531. The molecular formula is C13H8ClFO2S. The number of hydrogen-bond acceptors (Lipinski definition) is 2. The van der Waals surface area contributed by atoms with Crippen molar-refractivity contribution in [3.05, 3.63) is 58.4 Å². The van der Waals surface area contributed by atoms with Crippen LogP contribution >= 0.6 is 11.6 Å². The molecule has 2 nitrogen and oxygen atoms in total. The molecule has 0 spiro atoms. The van der Waals surface area contributed by atoms with Gasteiger partial charge in [0.05, 0.1) is 9.79 Å². The van der Waals surface area contributed by atoms with Crippen molar-refractivity contribution in [3.63, 3.8) is 0 Å². The zero-order chi connectivity index (χ0) is 12.9. The topological polar surface area (TPSA) is 34.1 Å². The van der Waals surface area contributed by atoms with E-state index in [9.17, 15) is 12.8 Å². The van der Waals surface area contributed by atoms with Crippen molar-refractivity contribution in [2.45, 2.75) is 16.2 Å². The van der Waals surface area contributed by atoms with Gasteiger partial charge in [-0.05, 0) is 41.5 Å². The molecule has 0 unspecified atom stereocenters. The van der Waals surface area contributed by atoms with E-state index < -0.39 is 15.7 Å². The van der Waals surface area contributed by atoms with Gasteiger partial charge in [-0.3, -0.25) is 0 Å². The Morgan fingerprint density at radius 1 is 1.00 bits per heavy atom. The fourth-order valence-electron chi connectivity index (χ4n) is 2.20. The monoisotopic (exact) mass is 282 g/mol. The molecule has 0 amide bonds. The molecule has 0 bridgehead atoms. The van der Waals surface area contributed by atoms with Crippen molar-refractivity contribution in [2.24, 2.45) is 0 Å². The van der Waals surface area contributed by atoms with E-state index in [4.69, 9.17) is 11.6 Å². The summed E-state index contributed by atoms with van der Waals surface area (Å²) in [5.74, 6) is -0.547. The Hall–Kier alpha value is -1.39.